The molecule has 2 aliphatic rings. The number of hydrogen-bond acceptors (Lipinski definition) is 4. The van der Waals surface area contributed by atoms with Gasteiger partial charge in [-0.2, -0.15) is 0 Å². The fourth-order valence-corrected chi connectivity index (χ4v) is 53.1. The molecule has 2 saturated carbocycles. The van der Waals surface area contributed by atoms with E-state index in [0.717, 1.165) is 0 Å². The van der Waals surface area contributed by atoms with E-state index in [-0.39, 0.29) is 80.9 Å². The third-order valence-electron chi connectivity index (χ3n) is 15.0. The van der Waals surface area contributed by atoms with Gasteiger partial charge in [-0.25, -0.2) is 0 Å². The van der Waals surface area contributed by atoms with Crippen molar-refractivity contribution in [3.8, 4) is 23.3 Å². The Morgan fingerprint density at radius 3 is 1.38 bits per heavy atom. The zero-order valence-corrected chi connectivity index (χ0v) is 59.7. The van der Waals surface area contributed by atoms with E-state index in [1.54, 1.807) is 6.92 Å². The summed E-state index contributed by atoms with van der Waals surface area (Å²) in [5.74, 6) is 9.27. The van der Waals surface area contributed by atoms with Crippen LogP contribution < -0.4 is 0 Å². The molecule has 0 aromatic heterocycles. The first kappa shape index (κ1) is 84.8. The minimum atomic E-state index is -2.70. The van der Waals surface area contributed by atoms with Gasteiger partial charge in [-0.15, -0.1) is 11.6 Å². The van der Waals surface area contributed by atoms with Gasteiger partial charge >= 0.3 is 0 Å². The molecular weight excluding hydrogens is 1090 g/mol. The van der Waals surface area contributed by atoms with E-state index in [0.29, 0.717) is 17.0 Å². The van der Waals surface area contributed by atoms with Crippen LogP contribution >= 0.6 is 0 Å². The minimum Gasteiger partial charge on any atom is -0.462 e. The Hall–Kier alpha value is 3.03. The molecule has 0 heterocycles. The quantitative estimate of drug-likeness (QED) is 0.0601. The van der Waals surface area contributed by atoms with Crippen molar-refractivity contribution in [1.82, 2.24) is 0 Å². The molecule has 0 amide bonds. The van der Waals surface area contributed by atoms with Gasteiger partial charge < -0.3 is 31.3 Å². The van der Waals surface area contributed by atoms with Gasteiger partial charge in [0.2, 0.25) is 0 Å². The Morgan fingerprint density at radius 1 is 0.616 bits per heavy atom. The fraction of sp³-hybridized carbons (Fsp3) is 0.846. The van der Waals surface area contributed by atoms with Crippen LogP contribution in [-0.4, -0.2) is 209 Å². The molecule has 0 aromatic carbocycles. The largest absolute Gasteiger partial charge is 0.462 e. The maximum Gasteiger partial charge on any atom is 0.257 e. The Balaban J connectivity index is -0.000000397. The Labute approximate surface area is 504 Å². The van der Waals surface area contributed by atoms with Crippen LogP contribution in [0.3, 0.4) is 0 Å². The summed E-state index contributed by atoms with van der Waals surface area (Å²) in [5, 5.41) is 0.0178. The van der Waals surface area contributed by atoms with E-state index < -0.39 is 103 Å². The van der Waals surface area contributed by atoms with Crippen LogP contribution in [-0.2, 0) is 50.6 Å². The number of hydrogen-bond donors (Lipinski definition) is 0. The summed E-state index contributed by atoms with van der Waals surface area (Å²) in [6, 6.07) is 0. The third-order valence-corrected chi connectivity index (χ3v) is 47.3. The van der Waals surface area contributed by atoms with Crippen LogP contribution in [0.4, 0.5) is 0 Å². The molecule has 0 bridgehead atoms. The summed E-state index contributed by atoms with van der Waals surface area (Å²) >= 11 is 0. The van der Waals surface area contributed by atoms with Crippen LogP contribution in [0.15, 0.2) is 0 Å². The first-order chi connectivity index (χ1) is 30.6. The standard InChI is InChI=1S/C20H38B10O2Si4.C16H40B10O2Si4.CH4.2CH3.2Fe/c1-10-11-14-17-33(2,3)31-34(4,5)18-26-29(24)20(28(22)23,30(25)27-21)36(8,9)32-35(6,7)19-15-12-13-16-19;1-22(17)23(25(18)19)16(31(7,8)27-29(2,3)4)24(26(20)21)32(9,10)28-30(5,6)15-13-11-12-14-15;;;;;/h19H,12-13,15-16,18H2,1-9H3;15-16H,11-14H2,1-10H3;1H4;2*1H3;;/q;;;2*-1;;. The van der Waals surface area contributed by atoms with Gasteiger partial charge in [0.1, 0.15) is 14.4 Å². The summed E-state index contributed by atoms with van der Waals surface area (Å²) in [6.07, 6.45) is 9.03. The first-order valence-electron chi connectivity index (χ1n) is 25.5. The van der Waals surface area contributed by atoms with Crippen molar-refractivity contribution in [3.05, 3.63) is 14.9 Å². The molecule has 22 radical (unpaired) electrons. The molecule has 4 nitrogen and oxygen atoms in total. The van der Waals surface area contributed by atoms with Crippen molar-refractivity contribution >= 4 is 209 Å². The molecule has 34 heteroatoms. The predicted molar refractivity (Wildman–Crippen MR) is 367 cm³/mol. The van der Waals surface area contributed by atoms with Crippen molar-refractivity contribution in [2.75, 3.05) is 0 Å². The van der Waals surface area contributed by atoms with Gasteiger partial charge in [0, 0.05) is 164 Å². The van der Waals surface area contributed by atoms with Gasteiger partial charge in [0.15, 0.2) is 49.9 Å². The fourth-order valence-electron chi connectivity index (χ4n) is 12.6. The van der Waals surface area contributed by atoms with Crippen molar-refractivity contribution in [2.45, 2.75) is 211 Å². The Bertz CT molecular complexity index is 1690. The maximum absolute atomic E-state index is 7.22. The molecule has 2 fully saturated rings. The van der Waals surface area contributed by atoms with Crippen molar-refractivity contribution < 1.29 is 50.6 Å². The molecular formula is C39H88B20Fe2O4Si8-2. The second kappa shape index (κ2) is 34.6. The van der Waals surface area contributed by atoms with Gasteiger partial charge in [0.25, 0.3) is 8.32 Å². The molecule has 378 valence electrons. The van der Waals surface area contributed by atoms with Gasteiger partial charge in [-0.1, -0.05) is 94.6 Å². The van der Waals surface area contributed by atoms with Gasteiger partial charge in [-0.3, -0.25) is 0 Å². The summed E-state index contributed by atoms with van der Waals surface area (Å²) < 4.78 is 27.0. The third kappa shape index (κ3) is 25.2. The monoisotopic (exact) mass is 1180 g/mol. The molecule has 0 saturated heterocycles. The first-order valence-corrected chi connectivity index (χ1v) is 49.8. The molecule has 0 spiro atoms. The van der Waals surface area contributed by atoms with Gasteiger partial charge in [0.05, 0.1) is 7.17 Å². The van der Waals surface area contributed by atoms with Crippen LogP contribution in [0.2, 0.25) is 145 Å². The van der Waals surface area contributed by atoms with E-state index in [9.17, 15) is 0 Å². The molecule has 0 aliphatic heterocycles. The summed E-state index contributed by atoms with van der Waals surface area (Å²) in [7, 11) is 51.4. The van der Waals surface area contributed by atoms with Crippen LogP contribution in [0.1, 0.15) is 65.7 Å². The maximum atomic E-state index is 7.22. The smallest absolute Gasteiger partial charge is 0.257 e. The molecule has 2 aliphatic carbocycles. The van der Waals surface area contributed by atoms with E-state index in [1.165, 1.54) is 58.4 Å². The summed E-state index contributed by atoms with van der Waals surface area (Å²) in [5.41, 5.74) is 4.57. The van der Waals surface area contributed by atoms with Crippen LogP contribution in [0, 0.1) is 38.2 Å². The molecule has 73 heavy (non-hydrogen) atoms. The van der Waals surface area contributed by atoms with Crippen molar-refractivity contribution in [3.63, 3.8) is 0 Å². The predicted octanol–water partition coefficient (Wildman–Crippen LogP) is 6.43. The molecule has 2 atom stereocenters. The molecule has 0 N–H and O–H groups in total. The van der Waals surface area contributed by atoms with E-state index >= 15 is 0 Å². The number of rotatable bonds is 25. The molecule has 2 unspecified atom stereocenters. The Morgan fingerprint density at radius 2 is 1.04 bits per heavy atom. The minimum absolute atomic E-state index is 0. The average Bonchev–Trinajstić information content (AvgIpc) is 3.88. The second-order valence-corrected chi connectivity index (χ2v) is 59.5. The Kier molecular flexibility index (Phi) is 40.2. The average molecular weight is 1170 g/mol. The van der Waals surface area contributed by atoms with Crippen LogP contribution in [0.5, 0.6) is 0 Å². The second-order valence-electron chi connectivity index (χ2n) is 25.1. The normalized spacial score (nSPS) is 15.7. The van der Waals surface area contributed by atoms with E-state index in [1.807, 2.05) is 6.82 Å². The van der Waals surface area contributed by atoms with E-state index in [4.69, 9.17) is 93.8 Å². The van der Waals surface area contributed by atoms with Crippen molar-refractivity contribution in [2.24, 2.45) is 0 Å². The topological polar surface area (TPSA) is 36.9 Å². The molecule has 2 rings (SSSR count). The SMILES string of the molecule is C.[B]B([B])B(B([B])C)C(B(B([B])[B])[Si](C)(C)O[Si](C)(C)C1CCCC1)[Si](C)(C)O[Si](C)(C)C.[B][B]B([B])C(B([B])[B])(B([B])[B]C[Si](C)(C)O[Si](C)(C)C#CC#CC)[Si](C)(C)O[Si](C)(C)C1CCCC1.[CH3-].[CH3-].[Fe].[Fe]. The molecule has 0 aromatic rings. The summed E-state index contributed by atoms with van der Waals surface area (Å²) in [6.45, 7) is 39.7. The zero-order chi connectivity index (χ0) is 53.3. The van der Waals surface area contributed by atoms with Gasteiger partial charge in [-0.05, 0) is 128 Å². The zero-order valence-electron chi connectivity index (χ0n) is 49.5. The van der Waals surface area contributed by atoms with Crippen molar-refractivity contribution in [1.29, 1.82) is 0 Å². The van der Waals surface area contributed by atoms with Crippen LogP contribution in [0.25, 0.3) is 0 Å². The summed E-state index contributed by atoms with van der Waals surface area (Å²) in [4.78, 5) is 0. The van der Waals surface area contributed by atoms with E-state index in [2.05, 4.69) is 142 Å².